The smallest absolute Gasteiger partial charge is 0.425 e. The van der Waals surface area contributed by atoms with Crippen LogP contribution in [0.5, 0.6) is 0 Å². The number of rotatable bonds is 9. The highest BCUT2D eigenvalue weighted by atomic mass is 19.4. The van der Waals surface area contributed by atoms with Gasteiger partial charge >= 0.3 is 24.0 Å². The van der Waals surface area contributed by atoms with Crippen molar-refractivity contribution >= 4 is 11.9 Å². The van der Waals surface area contributed by atoms with E-state index < -0.39 is 49.3 Å². The standard InChI is InChI=1S/C15H18F6O4/c1-3-6-10(4-2)25-12(23)8-5-7-11(22)24-9-14(17,18)13(16)15(19,20)21/h10,13H,4-5,7-9H2,1-2H3. The molecule has 0 saturated heterocycles. The highest BCUT2D eigenvalue weighted by Gasteiger charge is 2.57. The van der Waals surface area contributed by atoms with Crippen LogP contribution in [0.1, 0.15) is 39.5 Å². The van der Waals surface area contributed by atoms with Crippen molar-refractivity contribution in [2.75, 3.05) is 6.61 Å². The molecule has 2 unspecified atom stereocenters. The average molecular weight is 376 g/mol. The van der Waals surface area contributed by atoms with Gasteiger partial charge in [0.25, 0.3) is 6.17 Å². The lowest BCUT2D eigenvalue weighted by atomic mass is 10.2. The van der Waals surface area contributed by atoms with Gasteiger partial charge in [0.15, 0.2) is 12.7 Å². The maximum Gasteiger partial charge on any atom is 0.425 e. The fourth-order valence-corrected chi connectivity index (χ4v) is 1.53. The fraction of sp³-hybridized carbons (Fsp3) is 0.733. The first-order chi connectivity index (χ1) is 11.4. The van der Waals surface area contributed by atoms with Gasteiger partial charge in [0.05, 0.1) is 0 Å². The summed E-state index contributed by atoms with van der Waals surface area (Å²) in [4.78, 5) is 22.6. The van der Waals surface area contributed by atoms with Gasteiger partial charge < -0.3 is 9.47 Å². The molecular formula is C15H18F6O4. The molecule has 0 heterocycles. The van der Waals surface area contributed by atoms with E-state index in [1.54, 1.807) is 13.8 Å². The van der Waals surface area contributed by atoms with Gasteiger partial charge in [0.1, 0.15) is 0 Å². The number of ether oxygens (including phenoxy) is 2. The van der Waals surface area contributed by atoms with E-state index >= 15 is 0 Å². The molecule has 0 aliphatic carbocycles. The lowest BCUT2D eigenvalue weighted by Crippen LogP contribution is -2.45. The summed E-state index contributed by atoms with van der Waals surface area (Å²) >= 11 is 0. The molecule has 0 aliphatic heterocycles. The first-order valence-corrected chi connectivity index (χ1v) is 7.30. The molecule has 0 saturated carbocycles. The van der Waals surface area contributed by atoms with E-state index in [4.69, 9.17) is 4.74 Å². The van der Waals surface area contributed by atoms with E-state index in [9.17, 15) is 35.9 Å². The van der Waals surface area contributed by atoms with Crippen LogP contribution in [0.25, 0.3) is 0 Å². The molecule has 0 aromatic carbocycles. The van der Waals surface area contributed by atoms with Crippen molar-refractivity contribution in [3.8, 4) is 11.8 Å². The van der Waals surface area contributed by atoms with Crippen LogP contribution in [0.4, 0.5) is 26.3 Å². The van der Waals surface area contributed by atoms with Crippen LogP contribution in [-0.4, -0.2) is 42.9 Å². The Morgan fingerprint density at radius 2 is 1.64 bits per heavy atom. The molecule has 144 valence electrons. The maximum absolute atomic E-state index is 12.9. The Hall–Kier alpha value is -1.92. The molecule has 0 aliphatic rings. The molecule has 0 bridgehead atoms. The Balaban J connectivity index is 4.20. The van der Waals surface area contributed by atoms with E-state index in [0.717, 1.165) is 0 Å². The summed E-state index contributed by atoms with van der Waals surface area (Å²) in [6.45, 7) is 1.25. The van der Waals surface area contributed by atoms with Crippen LogP contribution in [0, 0.1) is 11.8 Å². The Kier molecular flexibility index (Phi) is 9.38. The molecule has 25 heavy (non-hydrogen) atoms. The van der Waals surface area contributed by atoms with Crippen molar-refractivity contribution in [1.29, 1.82) is 0 Å². The highest BCUT2D eigenvalue weighted by molar-refractivity contribution is 5.72. The summed E-state index contributed by atoms with van der Waals surface area (Å²) in [5.41, 5.74) is 0. The molecule has 2 atom stereocenters. The van der Waals surface area contributed by atoms with Crippen LogP contribution in [0.2, 0.25) is 0 Å². The van der Waals surface area contributed by atoms with E-state index in [0.29, 0.717) is 6.42 Å². The minimum absolute atomic E-state index is 0.127. The molecular weight excluding hydrogens is 358 g/mol. The number of halogens is 6. The number of carbonyl (C=O) groups is 2. The Labute approximate surface area is 140 Å². The van der Waals surface area contributed by atoms with Crippen molar-refractivity contribution < 1.29 is 45.4 Å². The van der Waals surface area contributed by atoms with Crippen molar-refractivity contribution in [3.63, 3.8) is 0 Å². The Bertz CT molecular complexity index is 506. The summed E-state index contributed by atoms with van der Waals surface area (Å²) in [5.74, 6) is -1.64. The molecule has 0 amide bonds. The normalized spacial score (nSPS) is 14.1. The number of hydrogen-bond acceptors (Lipinski definition) is 4. The molecule has 0 aromatic rings. The summed E-state index contributed by atoms with van der Waals surface area (Å²) in [6, 6.07) is 0. The molecule has 0 N–H and O–H groups in total. The first kappa shape index (κ1) is 23.1. The van der Waals surface area contributed by atoms with Gasteiger partial charge in [-0.2, -0.15) is 22.0 Å². The zero-order chi connectivity index (χ0) is 19.7. The molecule has 10 heteroatoms. The minimum atomic E-state index is -5.77. The monoisotopic (exact) mass is 376 g/mol. The van der Waals surface area contributed by atoms with E-state index in [2.05, 4.69) is 16.6 Å². The number of esters is 2. The van der Waals surface area contributed by atoms with Crippen molar-refractivity contribution in [1.82, 2.24) is 0 Å². The van der Waals surface area contributed by atoms with E-state index in [1.807, 2.05) is 0 Å². The summed E-state index contributed by atoms with van der Waals surface area (Å²) < 4.78 is 83.0. The van der Waals surface area contributed by atoms with Gasteiger partial charge in [-0.3, -0.25) is 9.59 Å². The third kappa shape index (κ3) is 9.22. The fourth-order valence-electron chi connectivity index (χ4n) is 1.53. The third-order valence-corrected chi connectivity index (χ3v) is 2.80. The summed E-state index contributed by atoms with van der Waals surface area (Å²) in [6.07, 6.45) is -11.2. The van der Waals surface area contributed by atoms with Crippen LogP contribution < -0.4 is 0 Å². The van der Waals surface area contributed by atoms with Gasteiger partial charge in [-0.05, 0) is 19.8 Å². The topological polar surface area (TPSA) is 52.6 Å². The van der Waals surface area contributed by atoms with Crippen LogP contribution in [0.15, 0.2) is 0 Å². The summed E-state index contributed by atoms with van der Waals surface area (Å²) in [5, 5.41) is 0. The zero-order valence-electron chi connectivity index (χ0n) is 13.6. The average Bonchev–Trinajstić information content (AvgIpc) is 2.51. The van der Waals surface area contributed by atoms with Gasteiger partial charge in [-0.15, -0.1) is 5.92 Å². The molecule has 0 radical (unpaired) electrons. The predicted octanol–water partition coefficient (Wildman–Crippen LogP) is 3.58. The molecule has 0 aromatic heterocycles. The second-order valence-electron chi connectivity index (χ2n) is 4.96. The molecule has 0 spiro atoms. The second-order valence-corrected chi connectivity index (χ2v) is 4.96. The lowest BCUT2D eigenvalue weighted by Gasteiger charge is -2.22. The van der Waals surface area contributed by atoms with Crippen LogP contribution in [-0.2, 0) is 19.1 Å². The summed E-state index contributed by atoms with van der Waals surface area (Å²) in [7, 11) is 0. The van der Waals surface area contributed by atoms with Crippen molar-refractivity contribution in [3.05, 3.63) is 0 Å². The quantitative estimate of drug-likeness (QED) is 0.351. The SMILES string of the molecule is CC#CC(CC)OC(=O)CCCC(=O)OCC(F)(F)C(F)C(F)(F)F. The Morgan fingerprint density at radius 1 is 1.08 bits per heavy atom. The molecule has 0 rings (SSSR count). The van der Waals surface area contributed by atoms with E-state index in [-0.39, 0.29) is 12.8 Å². The lowest BCUT2D eigenvalue weighted by molar-refractivity contribution is -0.254. The molecule has 4 nitrogen and oxygen atoms in total. The zero-order valence-corrected chi connectivity index (χ0v) is 13.6. The van der Waals surface area contributed by atoms with Gasteiger partial charge in [0.2, 0.25) is 0 Å². The van der Waals surface area contributed by atoms with Crippen molar-refractivity contribution in [2.45, 2.75) is 63.9 Å². The maximum atomic E-state index is 12.9. The van der Waals surface area contributed by atoms with Crippen LogP contribution >= 0.6 is 0 Å². The number of carbonyl (C=O) groups excluding carboxylic acids is 2. The third-order valence-electron chi connectivity index (χ3n) is 2.80. The number of alkyl halides is 6. The largest absolute Gasteiger partial charge is 0.459 e. The number of hydrogen-bond donors (Lipinski definition) is 0. The predicted molar refractivity (Wildman–Crippen MR) is 74.3 cm³/mol. The minimum Gasteiger partial charge on any atom is -0.459 e. The highest BCUT2D eigenvalue weighted by Crippen LogP contribution is 2.35. The van der Waals surface area contributed by atoms with Crippen LogP contribution in [0.3, 0.4) is 0 Å². The van der Waals surface area contributed by atoms with Gasteiger partial charge in [-0.25, -0.2) is 4.39 Å². The first-order valence-electron chi connectivity index (χ1n) is 7.30. The van der Waals surface area contributed by atoms with Gasteiger partial charge in [-0.1, -0.05) is 12.8 Å². The Morgan fingerprint density at radius 3 is 2.12 bits per heavy atom. The second kappa shape index (κ2) is 10.2. The van der Waals surface area contributed by atoms with Crippen molar-refractivity contribution in [2.24, 2.45) is 0 Å². The molecule has 0 fully saturated rings. The van der Waals surface area contributed by atoms with Gasteiger partial charge in [0, 0.05) is 12.8 Å². The van der Waals surface area contributed by atoms with E-state index in [1.165, 1.54) is 0 Å².